The van der Waals surface area contributed by atoms with Crippen molar-refractivity contribution in [3.8, 4) is 0 Å². The first-order chi connectivity index (χ1) is 13.9. The summed E-state index contributed by atoms with van der Waals surface area (Å²) in [7, 11) is 0. The van der Waals surface area contributed by atoms with Gasteiger partial charge in [-0.1, -0.05) is 26.0 Å². The van der Waals surface area contributed by atoms with E-state index >= 15 is 0 Å². The normalized spacial score (nSPS) is 14.7. The molecule has 29 heavy (non-hydrogen) atoms. The summed E-state index contributed by atoms with van der Waals surface area (Å²) in [5.74, 6) is 0.109. The van der Waals surface area contributed by atoms with E-state index in [-0.39, 0.29) is 30.2 Å². The fourth-order valence-corrected chi connectivity index (χ4v) is 4.08. The Kier molecular flexibility index (Phi) is 9.51. The number of thioether (sulfide) groups is 1. The molecule has 0 saturated carbocycles. The molecule has 1 heterocycles. The topological polar surface area (TPSA) is 75.7 Å². The zero-order chi connectivity index (χ0) is 21.2. The minimum Gasteiger partial charge on any atom is -0.452 e. The third-order valence-corrected chi connectivity index (χ3v) is 5.89. The second kappa shape index (κ2) is 11.9. The molecule has 6 nitrogen and oxygen atoms in total. The van der Waals surface area contributed by atoms with Crippen molar-refractivity contribution in [2.45, 2.75) is 57.4 Å². The van der Waals surface area contributed by atoms with Gasteiger partial charge in [-0.15, -0.1) is 11.8 Å². The summed E-state index contributed by atoms with van der Waals surface area (Å²) in [5, 5.41) is 2.86. The van der Waals surface area contributed by atoms with Gasteiger partial charge < -0.3 is 15.0 Å². The number of carbonyl (C=O) groups excluding carboxylic acids is 3. The maximum atomic E-state index is 12.5. The monoisotopic (exact) mass is 420 g/mol. The molecule has 1 N–H and O–H groups in total. The first-order valence-corrected chi connectivity index (χ1v) is 11.3. The minimum atomic E-state index is -0.549. The van der Waals surface area contributed by atoms with E-state index in [2.05, 4.69) is 19.2 Å². The second-order valence-corrected chi connectivity index (χ2v) is 8.91. The van der Waals surface area contributed by atoms with Gasteiger partial charge in [-0.25, -0.2) is 4.79 Å². The average molecular weight is 421 g/mol. The summed E-state index contributed by atoms with van der Waals surface area (Å²) in [4.78, 5) is 39.3. The van der Waals surface area contributed by atoms with Crippen LogP contribution in [0.3, 0.4) is 0 Å². The molecule has 0 spiro atoms. The lowest BCUT2D eigenvalue weighted by molar-refractivity contribution is -0.127. The Morgan fingerprint density at radius 2 is 1.79 bits per heavy atom. The lowest BCUT2D eigenvalue weighted by atomic mass is 10.0. The Hall–Kier alpha value is -2.02. The number of benzene rings is 1. The summed E-state index contributed by atoms with van der Waals surface area (Å²) < 4.78 is 5.20. The largest absolute Gasteiger partial charge is 0.452 e. The van der Waals surface area contributed by atoms with E-state index in [0.717, 1.165) is 38.8 Å². The van der Waals surface area contributed by atoms with Crippen molar-refractivity contribution in [3.63, 3.8) is 0 Å². The molecule has 1 aromatic rings. The van der Waals surface area contributed by atoms with Crippen molar-refractivity contribution >= 4 is 29.5 Å². The molecular weight excluding hydrogens is 388 g/mol. The lowest BCUT2D eigenvalue weighted by Crippen LogP contribution is -2.36. The van der Waals surface area contributed by atoms with Crippen LogP contribution in [0.1, 0.15) is 56.8 Å². The Bertz CT molecular complexity index is 702. The van der Waals surface area contributed by atoms with Crippen molar-refractivity contribution in [2.24, 2.45) is 5.92 Å². The van der Waals surface area contributed by atoms with Gasteiger partial charge in [0.25, 0.3) is 5.91 Å². The number of carbonyl (C=O) groups is 3. The third-order valence-electron chi connectivity index (χ3n) is 4.84. The zero-order valence-corrected chi connectivity index (χ0v) is 18.4. The number of nitrogens with zero attached hydrogens (tertiary/aromatic N) is 1. The van der Waals surface area contributed by atoms with Gasteiger partial charge in [0.15, 0.2) is 6.61 Å². The van der Waals surface area contributed by atoms with Gasteiger partial charge in [0.1, 0.15) is 0 Å². The predicted octanol–water partition coefficient (Wildman–Crippen LogP) is 3.50. The maximum Gasteiger partial charge on any atom is 0.339 e. The number of rotatable bonds is 10. The minimum absolute atomic E-state index is 0.0445. The van der Waals surface area contributed by atoms with E-state index in [1.165, 1.54) is 11.8 Å². The van der Waals surface area contributed by atoms with E-state index in [1.807, 2.05) is 17.9 Å². The summed E-state index contributed by atoms with van der Waals surface area (Å²) in [6.07, 6.45) is 4.03. The zero-order valence-electron chi connectivity index (χ0n) is 17.6. The highest BCUT2D eigenvalue weighted by atomic mass is 32.2. The number of likely N-dealkylation sites (tertiary alicyclic amines) is 1. The molecule has 1 aliphatic heterocycles. The predicted molar refractivity (Wildman–Crippen MR) is 115 cm³/mol. The van der Waals surface area contributed by atoms with Crippen LogP contribution in [-0.2, 0) is 14.3 Å². The van der Waals surface area contributed by atoms with Crippen LogP contribution in [-0.4, -0.2) is 54.2 Å². The van der Waals surface area contributed by atoms with Crippen LogP contribution in [0.2, 0.25) is 0 Å². The van der Waals surface area contributed by atoms with Crippen molar-refractivity contribution in [3.05, 3.63) is 29.8 Å². The molecule has 0 aliphatic carbocycles. The highest BCUT2D eigenvalue weighted by Gasteiger charge is 2.20. The smallest absolute Gasteiger partial charge is 0.339 e. The molecule has 160 valence electrons. The van der Waals surface area contributed by atoms with E-state index in [4.69, 9.17) is 4.74 Å². The van der Waals surface area contributed by atoms with Crippen molar-refractivity contribution < 1.29 is 19.1 Å². The van der Waals surface area contributed by atoms with Crippen LogP contribution >= 0.6 is 11.8 Å². The molecule has 0 radical (unpaired) electrons. The first-order valence-electron chi connectivity index (χ1n) is 10.3. The molecule has 1 atom stereocenters. The molecule has 0 unspecified atom stereocenters. The Balaban J connectivity index is 1.82. The number of hydrogen-bond donors (Lipinski definition) is 1. The van der Waals surface area contributed by atoms with Crippen molar-refractivity contribution in [2.75, 3.05) is 25.4 Å². The van der Waals surface area contributed by atoms with Crippen LogP contribution in [0.25, 0.3) is 0 Å². The summed E-state index contributed by atoms with van der Waals surface area (Å²) in [6, 6.07) is 7.07. The molecular formula is C22H32N2O4S. The molecule has 7 heteroatoms. The Morgan fingerprint density at radius 3 is 2.48 bits per heavy atom. The molecule has 1 aromatic carbocycles. The molecule has 0 aromatic heterocycles. The van der Waals surface area contributed by atoms with Gasteiger partial charge in [0.05, 0.1) is 11.3 Å². The van der Waals surface area contributed by atoms with E-state index < -0.39 is 5.97 Å². The first kappa shape index (κ1) is 23.3. The van der Waals surface area contributed by atoms with Gasteiger partial charge >= 0.3 is 5.97 Å². The van der Waals surface area contributed by atoms with Crippen LogP contribution in [0, 0.1) is 5.92 Å². The number of amides is 2. The standard InChI is InChI=1S/C22H32N2O4S/c1-16(2)10-11-17(3)23-20(25)14-28-22(27)18-8-4-5-9-19(18)29-15-21(26)24-12-6-7-13-24/h4-5,8-9,16-17H,6-7,10-15H2,1-3H3,(H,23,25)/t17-/m1/s1. The van der Waals surface area contributed by atoms with Crippen LogP contribution in [0.15, 0.2) is 29.2 Å². The molecule has 1 fully saturated rings. The van der Waals surface area contributed by atoms with E-state index in [0.29, 0.717) is 16.4 Å². The van der Waals surface area contributed by atoms with Crippen LogP contribution in [0.4, 0.5) is 0 Å². The van der Waals surface area contributed by atoms with E-state index in [1.54, 1.807) is 18.2 Å². The quantitative estimate of drug-likeness (QED) is 0.463. The Morgan fingerprint density at radius 1 is 1.10 bits per heavy atom. The fraction of sp³-hybridized carbons (Fsp3) is 0.591. The van der Waals surface area contributed by atoms with Gasteiger partial charge in [-0.2, -0.15) is 0 Å². The van der Waals surface area contributed by atoms with Crippen LogP contribution in [0.5, 0.6) is 0 Å². The lowest BCUT2D eigenvalue weighted by Gasteiger charge is -2.16. The summed E-state index contributed by atoms with van der Waals surface area (Å²) in [6.45, 7) is 7.55. The SMILES string of the molecule is CC(C)CC[C@@H](C)NC(=O)COC(=O)c1ccccc1SCC(=O)N1CCCC1. The molecule has 1 aliphatic rings. The third kappa shape index (κ3) is 8.09. The molecule has 0 bridgehead atoms. The molecule has 2 amide bonds. The number of nitrogens with one attached hydrogen (secondary N) is 1. The van der Waals surface area contributed by atoms with Gasteiger partial charge in [0.2, 0.25) is 5.91 Å². The van der Waals surface area contributed by atoms with E-state index in [9.17, 15) is 14.4 Å². The van der Waals surface area contributed by atoms with Gasteiger partial charge in [-0.05, 0) is 50.7 Å². The number of ether oxygens (including phenoxy) is 1. The fourth-order valence-electron chi connectivity index (χ4n) is 3.14. The van der Waals surface area contributed by atoms with Gasteiger partial charge in [0, 0.05) is 24.0 Å². The highest BCUT2D eigenvalue weighted by Crippen LogP contribution is 2.24. The number of hydrogen-bond acceptors (Lipinski definition) is 5. The Labute approximate surface area is 177 Å². The maximum absolute atomic E-state index is 12.5. The molecule has 1 saturated heterocycles. The molecule has 2 rings (SSSR count). The van der Waals surface area contributed by atoms with Crippen molar-refractivity contribution in [1.82, 2.24) is 10.2 Å². The van der Waals surface area contributed by atoms with Gasteiger partial charge in [-0.3, -0.25) is 9.59 Å². The van der Waals surface area contributed by atoms with Crippen LogP contribution < -0.4 is 5.32 Å². The highest BCUT2D eigenvalue weighted by molar-refractivity contribution is 8.00. The summed E-state index contributed by atoms with van der Waals surface area (Å²) >= 11 is 1.33. The van der Waals surface area contributed by atoms with Crippen molar-refractivity contribution in [1.29, 1.82) is 0 Å². The number of esters is 1. The average Bonchev–Trinajstić information content (AvgIpc) is 3.24. The second-order valence-electron chi connectivity index (χ2n) is 7.89. The summed E-state index contributed by atoms with van der Waals surface area (Å²) in [5.41, 5.74) is 0.382.